The number of carbonyl (C=O) groups excluding carboxylic acids is 1. The van der Waals surface area contributed by atoms with Crippen LogP contribution in [0.5, 0.6) is 5.75 Å². The maximum absolute atomic E-state index is 13.7. The molecule has 0 spiro atoms. The van der Waals surface area contributed by atoms with Crippen LogP contribution in [0.2, 0.25) is 0 Å². The molecule has 0 aliphatic carbocycles. The Balaban J connectivity index is 1.61. The highest BCUT2D eigenvalue weighted by atomic mass is 19.1. The predicted molar refractivity (Wildman–Crippen MR) is 111 cm³/mol. The number of carboxylic acids is 1. The fourth-order valence-corrected chi connectivity index (χ4v) is 3.02. The summed E-state index contributed by atoms with van der Waals surface area (Å²) >= 11 is 0. The zero-order valence-electron chi connectivity index (χ0n) is 16.6. The standard InChI is InChI=1S/C24H21F2NO4/c25-19-10-9-18(21(26)14-19)13-23(28)27-22(24(29)30)12-17-7-4-8-20(11-17)31-15-16-5-2-1-3-6-16/h1-11,14,22H,12-13,15H2,(H,27,28)(H,29,30)/t22-/m1/s1. The van der Waals surface area contributed by atoms with E-state index in [1.165, 1.54) is 0 Å². The number of halogens is 2. The fraction of sp³-hybridized carbons (Fsp3) is 0.167. The quantitative estimate of drug-likeness (QED) is 0.545. The summed E-state index contributed by atoms with van der Waals surface area (Å²) in [5.74, 6) is -2.92. The number of nitrogens with one attached hydrogen (secondary N) is 1. The third-order valence-electron chi connectivity index (χ3n) is 4.59. The predicted octanol–water partition coefficient (Wildman–Crippen LogP) is 3.90. The van der Waals surface area contributed by atoms with Crippen LogP contribution in [0.15, 0.2) is 72.8 Å². The maximum atomic E-state index is 13.7. The van der Waals surface area contributed by atoms with Gasteiger partial charge in [0.1, 0.15) is 30.0 Å². The second-order valence-corrected chi connectivity index (χ2v) is 7.00. The second kappa shape index (κ2) is 10.3. The molecular weight excluding hydrogens is 404 g/mol. The second-order valence-electron chi connectivity index (χ2n) is 7.00. The Hall–Kier alpha value is -3.74. The Morgan fingerprint density at radius 1 is 0.935 bits per heavy atom. The Bertz CT molecular complexity index is 1060. The van der Waals surface area contributed by atoms with Gasteiger partial charge in [-0.25, -0.2) is 13.6 Å². The van der Waals surface area contributed by atoms with E-state index in [0.29, 0.717) is 24.0 Å². The summed E-state index contributed by atoms with van der Waals surface area (Å²) in [5.41, 5.74) is 1.64. The van der Waals surface area contributed by atoms with E-state index in [2.05, 4.69) is 5.32 Å². The number of hydrogen-bond acceptors (Lipinski definition) is 3. The molecular formula is C24H21F2NO4. The van der Waals surface area contributed by atoms with Crippen molar-refractivity contribution in [3.8, 4) is 5.75 Å². The van der Waals surface area contributed by atoms with Gasteiger partial charge in [-0.3, -0.25) is 4.79 Å². The Morgan fingerprint density at radius 2 is 1.68 bits per heavy atom. The zero-order chi connectivity index (χ0) is 22.2. The molecule has 3 aromatic carbocycles. The molecule has 1 atom stereocenters. The van der Waals surface area contributed by atoms with Crippen LogP contribution in [0.25, 0.3) is 0 Å². The molecule has 0 saturated heterocycles. The van der Waals surface area contributed by atoms with Gasteiger partial charge in [-0.1, -0.05) is 48.5 Å². The van der Waals surface area contributed by atoms with Gasteiger partial charge in [-0.15, -0.1) is 0 Å². The summed E-state index contributed by atoms with van der Waals surface area (Å²) in [7, 11) is 0. The van der Waals surface area contributed by atoms with Crippen molar-refractivity contribution in [2.24, 2.45) is 0 Å². The van der Waals surface area contributed by atoms with Crippen molar-refractivity contribution in [1.29, 1.82) is 0 Å². The molecule has 0 bridgehead atoms. The minimum absolute atomic E-state index is 0.0145. The smallest absolute Gasteiger partial charge is 0.326 e. The molecule has 0 aromatic heterocycles. The monoisotopic (exact) mass is 425 g/mol. The van der Waals surface area contributed by atoms with E-state index in [0.717, 1.165) is 17.7 Å². The molecule has 7 heteroatoms. The summed E-state index contributed by atoms with van der Waals surface area (Å²) in [5, 5.41) is 11.9. The van der Waals surface area contributed by atoms with Gasteiger partial charge in [-0.05, 0) is 34.9 Å². The molecule has 2 N–H and O–H groups in total. The molecule has 0 aliphatic heterocycles. The first kappa shape index (κ1) is 22.0. The lowest BCUT2D eigenvalue weighted by Gasteiger charge is -2.16. The van der Waals surface area contributed by atoms with Gasteiger partial charge < -0.3 is 15.2 Å². The molecule has 160 valence electrons. The fourth-order valence-electron chi connectivity index (χ4n) is 3.02. The number of ether oxygens (including phenoxy) is 1. The van der Waals surface area contributed by atoms with Crippen molar-refractivity contribution in [2.45, 2.75) is 25.5 Å². The molecule has 5 nitrogen and oxygen atoms in total. The van der Waals surface area contributed by atoms with Crippen molar-refractivity contribution in [3.63, 3.8) is 0 Å². The minimum atomic E-state index is -1.22. The van der Waals surface area contributed by atoms with Gasteiger partial charge in [0.05, 0.1) is 6.42 Å². The molecule has 3 aromatic rings. The summed E-state index contributed by atoms with van der Waals surface area (Å²) in [4.78, 5) is 23.9. The highest BCUT2D eigenvalue weighted by Crippen LogP contribution is 2.17. The van der Waals surface area contributed by atoms with E-state index in [1.807, 2.05) is 30.3 Å². The van der Waals surface area contributed by atoms with Crippen molar-refractivity contribution < 1.29 is 28.2 Å². The average molecular weight is 425 g/mol. The molecule has 0 heterocycles. The van der Waals surface area contributed by atoms with Crippen molar-refractivity contribution >= 4 is 11.9 Å². The average Bonchev–Trinajstić information content (AvgIpc) is 2.75. The van der Waals surface area contributed by atoms with Crippen molar-refractivity contribution in [1.82, 2.24) is 5.32 Å². The molecule has 0 saturated carbocycles. The van der Waals surface area contributed by atoms with Gasteiger partial charge in [0, 0.05) is 12.5 Å². The lowest BCUT2D eigenvalue weighted by molar-refractivity contribution is -0.141. The molecule has 0 fully saturated rings. The zero-order valence-corrected chi connectivity index (χ0v) is 16.6. The Kier molecular flexibility index (Phi) is 7.32. The number of aliphatic carboxylic acids is 1. The summed E-state index contributed by atoms with van der Waals surface area (Å²) < 4.78 is 32.5. The first-order valence-corrected chi connectivity index (χ1v) is 9.62. The number of carboxylic acid groups (broad SMARTS) is 1. The van der Waals surface area contributed by atoms with E-state index < -0.39 is 36.0 Å². The molecule has 0 unspecified atom stereocenters. The number of amides is 1. The third-order valence-corrected chi connectivity index (χ3v) is 4.59. The van der Waals surface area contributed by atoms with Crippen LogP contribution < -0.4 is 10.1 Å². The topological polar surface area (TPSA) is 75.6 Å². The van der Waals surface area contributed by atoms with Gasteiger partial charge in [0.2, 0.25) is 5.91 Å². The lowest BCUT2D eigenvalue weighted by Crippen LogP contribution is -2.43. The first-order chi connectivity index (χ1) is 14.9. The van der Waals surface area contributed by atoms with Gasteiger partial charge >= 0.3 is 5.97 Å². The van der Waals surface area contributed by atoms with Crippen molar-refractivity contribution in [3.05, 3.63) is 101 Å². The molecule has 0 radical (unpaired) electrons. The van der Waals surface area contributed by atoms with E-state index >= 15 is 0 Å². The van der Waals surface area contributed by atoms with Gasteiger partial charge in [0.25, 0.3) is 0 Å². The normalized spacial score (nSPS) is 11.5. The van der Waals surface area contributed by atoms with Gasteiger partial charge in [0.15, 0.2) is 0 Å². The molecule has 3 rings (SSSR count). The van der Waals surface area contributed by atoms with Crippen LogP contribution in [0, 0.1) is 11.6 Å². The highest BCUT2D eigenvalue weighted by Gasteiger charge is 2.21. The largest absolute Gasteiger partial charge is 0.489 e. The van der Waals surface area contributed by atoms with Crippen LogP contribution in [-0.4, -0.2) is 23.0 Å². The number of benzene rings is 3. The Labute approximate surface area is 178 Å². The maximum Gasteiger partial charge on any atom is 0.326 e. The third kappa shape index (κ3) is 6.64. The first-order valence-electron chi connectivity index (χ1n) is 9.62. The molecule has 31 heavy (non-hydrogen) atoms. The number of rotatable bonds is 9. The summed E-state index contributed by atoms with van der Waals surface area (Å²) in [6, 6.07) is 18.2. The van der Waals surface area contributed by atoms with E-state index in [1.54, 1.807) is 24.3 Å². The highest BCUT2D eigenvalue weighted by molar-refractivity contribution is 5.85. The van der Waals surface area contributed by atoms with E-state index in [-0.39, 0.29) is 12.0 Å². The van der Waals surface area contributed by atoms with E-state index in [4.69, 9.17) is 4.74 Å². The molecule has 1 amide bonds. The van der Waals surface area contributed by atoms with Crippen molar-refractivity contribution in [2.75, 3.05) is 0 Å². The van der Waals surface area contributed by atoms with Crippen LogP contribution in [0.3, 0.4) is 0 Å². The SMILES string of the molecule is O=C(Cc1ccc(F)cc1F)N[C@H](Cc1cccc(OCc2ccccc2)c1)C(=O)O. The van der Waals surface area contributed by atoms with E-state index in [9.17, 15) is 23.5 Å². The summed E-state index contributed by atoms with van der Waals surface area (Å²) in [6.45, 7) is 0.368. The molecule has 0 aliphatic rings. The number of hydrogen-bond donors (Lipinski definition) is 2. The van der Waals surface area contributed by atoms with Crippen LogP contribution in [0.1, 0.15) is 16.7 Å². The number of carbonyl (C=O) groups is 2. The minimum Gasteiger partial charge on any atom is -0.489 e. The van der Waals surface area contributed by atoms with Crippen LogP contribution in [0.4, 0.5) is 8.78 Å². The van der Waals surface area contributed by atoms with Crippen LogP contribution >= 0.6 is 0 Å². The van der Waals surface area contributed by atoms with Gasteiger partial charge in [-0.2, -0.15) is 0 Å². The summed E-state index contributed by atoms with van der Waals surface area (Å²) in [6.07, 6.45) is -0.369. The van der Waals surface area contributed by atoms with Crippen LogP contribution in [-0.2, 0) is 29.0 Å². The lowest BCUT2D eigenvalue weighted by atomic mass is 10.0. The Morgan fingerprint density at radius 3 is 2.39 bits per heavy atom.